The number of carbonyl (C=O) groups is 3. The number of carboxylic acid groups (broad SMARTS) is 1. The number of aromatic nitrogens is 2. The molecule has 1 saturated carbocycles. The largest absolute Gasteiger partial charge is 0.543 e. The molecule has 4 aliphatic rings. The summed E-state index contributed by atoms with van der Waals surface area (Å²) in [6.45, 7) is 3.04. The highest BCUT2D eigenvalue weighted by Gasteiger charge is 2.53. The Bertz CT molecular complexity index is 1840. The molecule has 17 heteroatoms. The molecule has 0 bridgehead atoms. The number of carboxylic acids is 1. The molecule has 3 aromatic rings. The number of rotatable bonds is 10. The van der Waals surface area contributed by atoms with Gasteiger partial charge in [-0.15, -0.1) is 34.9 Å². The van der Waals surface area contributed by atoms with Crippen LogP contribution in [0.4, 0.5) is 15.2 Å². The summed E-state index contributed by atoms with van der Waals surface area (Å²) in [6, 6.07) is 4.85. The Kier molecular flexibility index (Phi) is 8.71. The van der Waals surface area contributed by atoms with E-state index in [9.17, 15) is 19.5 Å². The average Bonchev–Trinajstić information content (AvgIpc) is 3.83. The smallest absolute Gasteiger partial charge is 0.276 e. The van der Waals surface area contributed by atoms with E-state index in [0.717, 1.165) is 66.2 Å². The summed E-state index contributed by atoms with van der Waals surface area (Å²) in [6.07, 6.45) is 4.16. The zero-order valence-electron chi connectivity index (χ0n) is 25.2. The number of benzene rings is 1. The van der Waals surface area contributed by atoms with Gasteiger partial charge in [-0.05, 0) is 11.6 Å². The van der Waals surface area contributed by atoms with E-state index in [4.69, 9.17) is 10.6 Å². The maximum Gasteiger partial charge on any atom is 0.276 e. The maximum atomic E-state index is 15.6. The highest BCUT2D eigenvalue weighted by atomic mass is 32.2. The van der Waals surface area contributed by atoms with Gasteiger partial charge in [0.2, 0.25) is 5.52 Å². The minimum Gasteiger partial charge on any atom is -0.543 e. The molecular formula is C30H31FN8O5S3. The molecular weight excluding hydrogens is 668 g/mol. The summed E-state index contributed by atoms with van der Waals surface area (Å²) in [5.74, 6) is -2.50. The number of oxime groups is 1. The predicted octanol–water partition coefficient (Wildman–Crippen LogP) is 0.596. The molecule has 2 saturated heterocycles. The summed E-state index contributed by atoms with van der Waals surface area (Å²) in [4.78, 5) is 51.6. The van der Waals surface area contributed by atoms with Gasteiger partial charge in [0.1, 0.15) is 30.0 Å². The van der Waals surface area contributed by atoms with E-state index in [0.29, 0.717) is 23.1 Å². The van der Waals surface area contributed by atoms with Crippen molar-refractivity contribution in [3.8, 4) is 0 Å². The minimum absolute atomic E-state index is 0.158. The summed E-state index contributed by atoms with van der Waals surface area (Å²) in [5, 5.41) is 24.0. The Balaban J connectivity index is 1.11. The molecule has 0 spiro atoms. The van der Waals surface area contributed by atoms with Crippen LogP contribution in [0.5, 0.6) is 0 Å². The van der Waals surface area contributed by atoms with E-state index < -0.39 is 29.2 Å². The van der Waals surface area contributed by atoms with Crippen molar-refractivity contribution in [2.45, 2.75) is 35.2 Å². The third kappa shape index (κ3) is 6.00. The van der Waals surface area contributed by atoms with Crippen LogP contribution >= 0.6 is 34.9 Å². The second-order valence-electron chi connectivity index (χ2n) is 11.5. The lowest BCUT2D eigenvalue weighted by Crippen LogP contribution is -2.71. The van der Waals surface area contributed by atoms with Crippen LogP contribution < -0.4 is 30.9 Å². The molecule has 13 nitrogen and oxygen atoms in total. The Hall–Kier alpha value is -3.93. The van der Waals surface area contributed by atoms with Crippen molar-refractivity contribution in [1.82, 2.24) is 20.5 Å². The average molecular weight is 699 g/mol. The number of thioether (sulfide) groups is 2. The zero-order chi connectivity index (χ0) is 32.8. The fourth-order valence-corrected chi connectivity index (χ4v) is 9.14. The van der Waals surface area contributed by atoms with E-state index >= 15 is 4.39 Å². The first-order valence-corrected chi connectivity index (χ1v) is 17.9. The number of nitrogens with one attached hydrogen (secondary N) is 2. The Morgan fingerprint density at radius 2 is 2.11 bits per heavy atom. The number of nitrogens with two attached hydrogens (primary N) is 1. The number of nitrogen functional groups attached to an aromatic ring is 1. The van der Waals surface area contributed by atoms with E-state index in [2.05, 4.69) is 30.2 Å². The quantitative estimate of drug-likeness (QED) is 0.0892. The summed E-state index contributed by atoms with van der Waals surface area (Å²) in [5.41, 5.74) is 7.57. The molecule has 1 unspecified atom stereocenters. The highest BCUT2D eigenvalue weighted by Crippen LogP contribution is 2.42. The van der Waals surface area contributed by atoms with E-state index in [1.807, 2.05) is 18.3 Å². The second-order valence-corrected chi connectivity index (χ2v) is 14.5. The molecule has 2 amide bonds. The first-order valence-electron chi connectivity index (χ1n) is 15.0. The molecule has 5 heterocycles. The summed E-state index contributed by atoms with van der Waals surface area (Å²) >= 11 is 3.86. The van der Waals surface area contributed by atoms with Crippen molar-refractivity contribution in [3.05, 3.63) is 52.6 Å². The van der Waals surface area contributed by atoms with Crippen LogP contribution in [0.2, 0.25) is 0 Å². The van der Waals surface area contributed by atoms with Crippen LogP contribution in [0, 0.1) is 5.82 Å². The Morgan fingerprint density at radius 3 is 2.79 bits per heavy atom. The van der Waals surface area contributed by atoms with Crippen molar-refractivity contribution >= 4 is 80.1 Å². The molecule has 3 aliphatic heterocycles. The van der Waals surface area contributed by atoms with Crippen molar-refractivity contribution in [2.75, 3.05) is 55.4 Å². The maximum absolute atomic E-state index is 15.6. The summed E-state index contributed by atoms with van der Waals surface area (Å²) in [7, 11) is 1.27. The number of fused-ring (bicyclic) bond motifs is 2. The Labute approximate surface area is 281 Å². The third-order valence-electron chi connectivity index (χ3n) is 8.48. The lowest BCUT2D eigenvalue weighted by Gasteiger charge is -2.50. The van der Waals surface area contributed by atoms with Crippen LogP contribution in [0.3, 0.4) is 0 Å². The number of β-lactam (4-membered cyclic amide) rings is 1. The first kappa shape index (κ1) is 31.7. The predicted molar refractivity (Wildman–Crippen MR) is 175 cm³/mol. The molecule has 0 radical (unpaired) electrons. The fraction of sp³-hybridized carbons (Fsp3) is 0.400. The lowest BCUT2D eigenvalue weighted by molar-refractivity contribution is -0.675. The van der Waals surface area contributed by atoms with Gasteiger partial charge in [0.25, 0.3) is 11.8 Å². The first-order chi connectivity index (χ1) is 22.7. The number of amides is 2. The number of piperazine rings is 1. The van der Waals surface area contributed by atoms with E-state index in [1.165, 1.54) is 35.5 Å². The fourth-order valence-electron chi connectivity index (χ4n) is 6.07. The molecule has 7 rings (SSSR count). The van der Waals surface area contributed by atoms with Gasteiger partial charge in [0, 0.05) is 72.9 Å². The van der Waals surface area contributed by atoms with Crippen LogP contribution in [-0.4, -0.2) is 89.6 Å². The Morgan fingerprint density at radius 1 is 1.32 bits per heavy atom. The van der Waals surface area contributed by atoms with Gasteiger partial charge in [0.05, 0.1) is 22.7 Å². The molecule has 1 aromatic carbocycles. The van der Waals surface area contributed by atoms with Crippen LogP contribution in [-0.2, 0) is 19.2 Å². The van der Waals surface area contributed by atoms with Crippen molar-refractivity contribution in [3.63, 3.8) is 0 Å². The van der Waals surface area contributed by atoms with Gasteiger partial charge < -0.3 is 36.0 Å². The van der Waals surface area contributed by atoms with Crippen molar-refractivity contribution < 1.29 is 33.3 Å². The van der Waals surface area contributed by atoms with Gasteiger partial charge in [-0.1, -0.05) is 5.16 Å². The lowest BCUT2D eigenvalue weighted by atomic mass is 10.0. The number of anilines is 2. The van der Waals surface area contributed by atoms with E-state index in [-0.39, 0.29) is 33.8 Å². The topological polar surface area (TPSA) is 169 Å². The van der Waals surface area contributed by atoms with Crippen molar-refractivity contribution in [1.29, 1.82) is 0 Å². The number of carbonyl (C=O) groups excluding carboxylic acids is 3. The standard InChI is InChI=1S/C30H31FN8O5S3/c1-44-36-23(19-14-47-30(32)34-19)26(40)35-24-27(41)39-25(29(42)43)15(13-46-28(24)39)12-45-22-4-7-38(16-2-3-16)20-11-21(18(31)10-17(20)22)37-8-5-33-6-9-37/h4,7,10-11,14,16,24,28,33H,2-3,5-6,8-9,12-13H2,1H3,(H3-,32,34,35,40,42,43)/b36-23-/t24?,28-/m1/s1. The van der Waals surface area contributed by atoms with E-state index in [1.54, 1.807) is 11.4 Å². The van der Waals surface area contributed by atoms with Gasteiger partial charge >= 0.3 is 0 Å². The van der Waals surface area contributed by atoms with Gasteiger partial charge in [0.15, 0.2) is 23.1 Å². The second kappa shape index (κ2) is 12.9. The number of hydrogen-bond acceptors (Lipinski definition) is 13. The third-order valence-corrected chi connectivity index (χ3v) is 11.7. The number of nitrogens with zero attached hydrogens (tertiary/aromatic N) is 5. The molecule has 47 heavy (non-hydrogen) atoms. The monoisotopic (exact) mass is 698 g/mol. The molecule has 2 aromatic heterocycles. The number of halogens is 1. The highest BCUT2D eigenvalue weighted by molar-refractivity contribution is 8.01. The van der Waals surface area contributed by atoms with Gasteiger partial charge in [-0.25, -0.2) is 9.37 Å². The SMILES string of the molecule is CO/N=C(\C(=O)NC1C(=O)N2C(C(=O)[O-])=C(CSc3cc[n+](C4CC4)c4cc(N5CCNCC5)c(F)cc34)CS[C@H]12)c1csc(N)n1. The minimum atomic E-state index is -1.47. The zero-order valence-corrected chi connectivity index (χ0v) is 27.7. The van der Waals surface area contributed by atoms with Crippen molar-refractivity contribution in [2.24, 2.45) is 5.16 Å². The van der Waals surface area contributed by atoms with Crippen LogP contribution in [0.25, 0.3) is 10.9 Å². The van der Waals surface area contributed by atoms with Crippen LogP contribution in [0.15, 0.2) is 51.1 Å². The van der Waals surface area contributed by atoms with Gasteiger partial charge in [-0.3, -0.25) is 14.5 Å². The molecule has 1 aliphatic carbocycles. The van der Waals surface area contributed by atoms with Gasteiger partial charge in [-0.2, -0.15) is 4.57 Å². The molecule has 246 valence electrons. The number of hydrogen-bond donors (Lipinski definition) is 3. The summed E-state index contributed by atoms with van der Waals surface area (Å²) < 4.78 is 17.8. The molecule has 2 atom stereocenters. The number of aliphatic carboxylic acids is 1. The normalized spacial score (nSPS) is 21.5. The molecule has 4 N–H and O–H groups in total. The van der Waals surface area contributed by atoms with Crippen LogP contribution in [0.1, 0.15) is 24.6 Å². The number of pyridine rings is 1. The number of thiazole rings is 1. The molecule has 3 fully saturated rings.